The van der Waals surface area contributed by atoms with Gasteiger partial charge in [-0.1, -0.05) is 0 Å². The maximum Gasteiger partial charge on any atom is 0.321 e. The number of carbonyl (C=O) groups excluding carboxylic acids is 1. The number of aliphatic hydroxyl groups is 1. The maximum atomic E-state index is 12.4. The molecule has 1 saturated carbocycles. The molecular weight excluding hydrogens is 280 g/mol. The molecule has 0 spiro atoms. The molecule has 1 aromatic rings. The first-order chi connectivity index (χ1) is 10.5. The summed E-state index contributed by atoms with van der Waals surface area (Å²) in [5.41, 5.74) is 1.78. The maximum absolute atomic E-state index is 12.4. The van der Waals surface area contributed by atoms with Gasteiger partial charge in [0.1, 0.15) is 5.75 Å². The molecule has 0 atom stereocenters. The van der Waals surface area contributed by atoms with Crippen LogP contribution in [-0.4, -0.2) is 42.8 Å². The van der Waals surface area contributed by atoms with Crippen LogP contribution in [0.5, 0.6) is 5.75 Å². The van der Waals surface area contributed by atoms with Crippen molar-refractivity contribution in [3.8, 4) is 5.75 Å². The second-order valence-corrected chi connectivity index (χ2v) is 6.08. The number of urea groups is 1. The van der Waals surface area contributed by atoms with Gasteiger partial charge in [0.15, 0.2) is 0 Å². The molecule has 122 valence electrons. The molecule has 0 heterocycles. The Kier molecular flexibility index (Phi) is 5.66. The molecule has 1 aliphatic carbocycles. The number of rotatable bonds is 4. The Balaban J connectivity index is 1.94. The number of amides is 2. The molecule has 1 fully saturated rings. The molecule has 0 unspecified atom stereocenters. The average Bonchev–Trinajstić information content (AvgIpc) is 2.56. The standard InChI is InChI=1S/C17H26N2O3/c1-12-10-15(22-3)8-9-16(12)18-17(21)19(2)14-6-4-13(11-20)5-7-14/h8-10,13-14,20H,4-7,11H2,1-3H3,(H,18,21). The van der Waals surface area contributed by atoms with Crippen LogP contribution < -0.4 is 10.1 Å². The SMILES string of the molecule is COc1ccc(NC(=O)N(C)C2CCC(CO)CC2)c(C)c1. The fourth-order valence-electron chi connectivity index (χ4n) is 2.99. The lowest BCUT2D eigenvalue weighted by Gasteiger charge is -2.34. The molecule has 1 aromatic carbocycles. The van der Waals surface area contributed by atoms with Gasteiger partial charge in [0.2, 0.25) is 0 Å². The Hall–Kier alpha value is -1.75. The summed E-state index contributed by atoms with van der Waals surface area (Å²) in [7, 11) is 3.47. The van der Waals surface area contributed by atoms with Crippen molar-refractivity contribution in [2.45, 2.75) is 38.6 Å². The van der Waals surface area contributed by atoms with Gasteiger partial charge in [0.05, 0.1) is 7.11 Å². The molecule has 2 rings (SSSR count). The van der Waals surface area contributed by atoms with Crippen LogP contribution in [0.1, 0.15) is 31.2 Å². The first-order valence-electron chi connectivity index (χ1n) is 7.84. The number of carbonyl (C=O) groups is 1. The Morgan fingerprint density at radius 3 is 2.59 bits per heavy atom. The van der Waals surface area contributed by atoms with Gasteiger partial charge in [-0.05, 0) is 62.3 Å². The second-order valence-electron chi connectivity index (χ2n) is 6.08. The highest BCUT2D eigenvalue weighted by Crippen LogP contribution is 2.27. The van der Waals surface area contributed by atoms with Crippen LogP contribution in [-0.2, 0) is 0 Å². The van der Waals surface area contributed by atoms with Crippen molar-refractivity contribution < 1.29 is 14.6 Å². The van der Waals surface area contributed by atoms with E-state index in [1.54, 1.807) is 12.0 Å². The van der Waals surface area contributed by atoms with Crippen molar-refractivity contribution in [2.75, 3.05) is 26.1 Å². The van der Waals surface area contributed by atoms with Crippen molar-refractivity contribution in [3.63, 3.8) is 0 Å². The van der Waals surface area contributed by atoms with E-state index in [1.807, 2.05) is 32.2 Å². The van der Waals surface area contributed by atoms with Crippen LogP contribution in [0.3, 0.4) is 0 Å². The van der Waals surface area contributed by atoms with Crippen LogP contribution in [0.2, 0.25) is 0 Å². The molecule has 2 N–H and O–H groups in total. The van der Waals surface area contributed by atoms with E-state index < -0.39 is 0 Å². The van der Waals surface area contributed by atoms with E-state index in [-0.39, 0.29) is 18.7 Å². The zero-order valence-corrected chi connectivity index (χ0v) is 13.6. The van der Waals surface area contributed by atoms with E-state index in [9.17, 15) is 9.90 Å². The van der Waals surface area contributed by atoms with Crippen molar-refractivity contribution in [1.82, 2.24) is 4.90 Å². The van der Waals surface area contributed by atoms with Gasteiger partial charge in [-0.2, -0.15) is 0 Å². The van der Waals surface area contributed by atoms with E-state index in [0.717, 1.165) is 42.7 Å². The van der Waals surface area contributed by atoms with Gasteiger partial charge in [-0.3, -0.25) is 0 Å². The third-order valence-electron chi connectivity index (χ3n) is 4.62. The molecule has 0 saturated heterocycles. The van der Waals surface area contributed by atoms with Crippen LogP contribution in [0, 0.1) is 12.8 Å². The van der Waals surface area contributed by atoms with Crippen LogP contribution in [0.4, 0.5) is 10.5 Å². The molecule has 0 radical (unpaired) electrons. The predicted octanol–water partition coefficient (Wildman–Crippen LogP) is 3.02. The van der Waals surface area contributed by atoms with Gasteiger partial charge < -0.3 is 20.1 Å². The summed E-state index contributed by atoms with van der Waals surface area (Å²) in [5.74, 6) is 1.18. The quantitative estimate of drug-likeness (QED) is 0.899. The smallest absolute Gasteiger partial charge is 0.321 e. The zero-order chi connectivity index (χ0) is 16.1. The van der Waals surface area contributed by atoms with Gasteiger partial charge in [0.25, 0.3) is 0 Å². The van der Waals surface area contributed by atoms with Crippen molar-refractivity contribution in [2.24, 2.45) is 5.92 Å². The van der Waals surface area contributed by atoms with E-state index in [1.165, 1.54) is 0 Å². The third-order valence-corrected chi connectivity index (χ3v) is 4.62. The summed E-state index contributed by atoms with van der Waals surface area (Å²) in [5, 5.41) is 12.2. The van der Waals surface area contributed by atoms with E-state index in [0.29, 0.717) is 5.92 Å². The molecule has 5 heteroatoms. The highest BCUT2D eigenvalue weighted by Gasteiger charge is 2.26. The highest BCUT2D eigenvalue weighted by molar-refractivity contribution is 5.90. The number of hydrogen-bond acceptors (Lipinski definition) is 3. The van der Waals surface area contributed by atoms with Crippen molar-refractivity contribution in [1.29, 1.82) is 0 Å². The van der Waals surface area contributed by atoms with Gasteiger partial charge >= 0.3 is 6.03 Å². The Morgan fingerprint density at radius 1 is 1.36 bits per heavy atom. The minimum absolute atomic E-state index is 0.0827. The largest absolute Gasteiger partial charge is 0.497 e. The Bertz CT molecular complexity index is 511. The number of hydrogen-bond donors (Lipinski definition) is 2. The fourth-order valence-corrected chi connectivity index (χ4v) is 2.99. The average molecular weight is 306 g/mol. The van der Waals surface area contributed by atoms with E-state index in [2.05, 4.69) is 5.32 Å². The Labute approximate surface area is 132 Å². The van der Waals surface area contributed by atoms with Crippen LogP contribution >= 0.6 is 0 Å². The number of benzene rings is 1. The lowest BCUT2D eigenvalue weighted by Crippen LogP contribution is -2.42. The van der Waals surface area contributed by atoms with Gasteiger partial charge in [0, 0.05) is 25.4 Å². The van der Waals surface area contributed by atoms with Crippen LogP contribution in [0.25, 0.3) is 0 Å². The molecule has 2 amide bonds. The lowest BCUT2D eigenvalue weighted by molar-refractivity contribution is 0.139. The predicted molar refractivity (Wildman–Crippen MR) is 87.3 cm³/mol. The van der Waals surface area contributed by atoms with Crippen molar-refractivity contribution >= 4 is 11.7 Å². The molecule has 0 bridgehead atoms. The summed E-state index contributed by atoms with van der Waals surface area (Å²) in [4.78, 5) is 14.2. The van der Waals surface area contributed by atoms with E-state index >= 15 is 0 Å². The monoisotopic (exact) mass is 306 g/mol. The number of aliphatic hydroxyl groups excluding tert-OH is 1. The summed E-state index contributed by atoms with van der Waals surface area (Å²) in [6.07, 6.45) is 3.88. The normalized spacial score (nSPS) is 21.3. The third kappa shape index (κ3) is 3.91. The fraction of sp³-hybridized carbons (Fsp3) is 0.588. The highest BCUT2D eigenvalue weighted by atomic mass is 16.5. The van der Waals surface area contributed by atoms with Crippen LogP contribution in [0.15, 0.2) is 18.2 Å². The topological polar surface area (TPSA) is 61.8 Å². The van der Waals surface area contributed by atoms with Crippen molar-refractivity contribution in [3.05, 3.63) is 23.8 Å². The van der Waals surface area contributed by atoms with Gasteiger partial charge in [-0.25, -0.2) is 4.79 Å². The Morgan fingerprint density at radius 2 is 2.05 bits per heavy atom. The molecule has 1 aliphatic rings. The zero-order valence-electron chi connectivity index (χ0n) is 13.6. The number of ether oxygens (including phenoxy) is 1. The number of nitrogens with zero attached hydrogens (tertiary/aromatic N) is 1. The summed E-state index contributed by atoms with van der Waals surface area (Å²) in [6, 6.07) is 5.78. The summed E-state index contributed by atoms with van der Waals surface area (Å²) in [6.45, 7) is 2.21. The van der Waals surface area contributed by atoms with E-state index in [4.69, 9.17) is 4.74 Å². The summed E-state index contributed by atoms with van der Waals surface area (Å²) < 4.78 is 5.17. The summed E-state index contributed by atoms with van der Waals surface area (Å²) >= 11 is 0. The van der Waals surface area contributed by atoms with Gasteiger partial charge in [-0.15, -0.1) is 0 Å². The number of nitrogens with one attached hydrogen (secondary N) is 1. The number of anilines is 1. The molecule has 0 aliphatic heterocycles. The number of aryl methyl sites for hydroxylation is 1. The molecule has 5 nitrogen and oxygen atoms in total. The minimum Gasteiger partial charge on any atom is -0.497 e. The number of methoxy groups -OCH3 is 1. The first kappa shape index (κ1) is 16.6. The lowest BCUT2D eigenvalue weighted by atomic mass is 9.86. The second kappa shape index (κ2) is 7.49. The minimum atomic E-state index is -0.0827. The molecule has 0 aromatic heterocycles. The first-order valence-corrected chi connectivity index (χ1v) is 7.84. The molecule has 22 heavy (non-hydrogen) atoms. The molecular formula is C17H26N2O3.